The molecule has 2 aromatic rings. The minimum Gasteiger partial charge on any atom is -0.474 e. The molecule has 0 bridgehead atoms. The largest absolute Gasteiger partial charge is 0.474 e. The molecule has 1 fully saturated rings. The van der Waals surface area contributed by atoms with Crippen LogP contribution < -0.4 is 15.4 Å². The van der Waals surface area contributed by atoms with Gasteiger partial charge in [-0.05, 0) is 63.5 Å². The summed E-state index contributed by atoms with van der Waals surface area (Å²) in [5, 5.41) is 11.4. The zero-order chi connectivity index (χ0) is 21.6. The lowest BCUT2D eigenvalue weighted by Crippen LogP contribution is -2.47. The summed E-state index contributed by atoms with van der Waals surface area (Å²) in [5.74, 6) is 4.28. The Labute approximate surface area is 208 Å². The molecule has 2 N–H and O–H groups in total. The van der Waals surface area contributed by atoms with E-state index in [2.05, 4.69) is 39.5 Å². The monoisotopic (exact) mass is 553 g/mol. The normalized spacial score (nSPS) is 23.1. The van der Waals surface area contributed by atoms with Crippen LogP contribution in [0.2, 0.25) is 0 Å². The predicted molar refractivity (Wildman–Crippen MR) is 137 cm³/mol. The molecule has 0 amide bonds. The third-order valence-corrected chi connectivity index (χ3v) is 6.12. The first-order chi connectivity index (χ1) is 15.1. The van der Waals surface area contributed by atoms with Crippen LogP contribution in [0.4, 0.5) is 0 Å². The Hall–Kier alpha value is -1.91. The van der Waals surface area contributed by atoms with Gasteiger partial charge in [0.15, 0.2) is 5.96 Å². The molecule has 176 valence electrons. The lowest BCUT2D eigenvalue weighted by molar-refractivity contribution is 0.130. The van der Waals surface area contributed by atoms with Crippen LogP contribution in [-0.2, 0) is 19.5 Å². The van der Waals surface area contributed by atoms with E-state index in [1.807, 2.05) is 29.9 Å². The molecular weight excluding hydrogens is 517 g/mol. The van der Waals surface area contributed by atoms with Gasteiger partial charge in [0, 0.05) is 31.3 Å². The van der Waals surface area contributed by atoms with Gasteiger partial charge in [-0.25, -0.2) is 19.6 Å². The Balaban J connectivity index is 0.00000289. The number of aryl methyl sites for hydroxylation is 2. The molecule has 8 nitrogen and oxygen atoms in total. The fourth-order valence-corrected chi connectivity index (χ4v) is 4.37. The molecule has 2 aliphatic rings. The molecule has 0 radical (unpaired) electrons. The molecule has 1 saturated carbocycles. The maximum Gasteiger partial charge on any atom is 0.213 e. The maximum absolute atomic E-state index is 6.15. The smallest absolute Gasteiger partial charge is 0.213 e. The van der Waals surface area contributed by atoms with Crippen molar-refractivity contribution in [1.82, 2.24) is 30.4 Å². The Morgan fingerprint density at radius 3 is 2.84 bits per heavy atom. The minimum atomic E-state index is 0. The Kier molecular flexibility index (Phi) is 9.12. The van der Waals surface area contributed by atoms with Crippen molar-refractivity contribution in [1.29, 1.82) is 0 Å². The van der Waals surface area contributed by atoms with Crippen molar-refractivity contribution in [3.8, 4) is 5.88 Å². The number of aromatic nitrogens is 4. The zero-order valence-electron chi connectivity index (χ0n) is 19.4. The number of rotatable bonds is 6. The van der Waals surface area contributed by atoms with E-state index < -0.39 is 0 Å². The van der Waals surface area contributed by atoms with Gasteiger partial charge >= 0.3 is 0 Å². The Morgan fingerprint density at radius 1 is 1.25 bits per heavy atom. The highest BCUT2D eigenvalue weighted by Crippen LogP contribution is 2.26. The topological polar surface area (TPSA) is 89.2 Å². The predicted octanol–water partition coefficient (Wildman–Crippen LogP) is 3.63. The second-order valence-electron chi connectivity index (χ2n) is 8.83. The highest BCUT2D eigenvalue weighted by molar-refractivity contribution is 14.0. The second-order valence-corrected chi connectivity index (χ2v) is 8.83. The number of hydrogen-bond donors (Lipinski definition) is 2. The quantitative estimate of drug-likeness (QED) is 0.323. The van der Waals surface area contributed by atoms with Gasteiger partial charge in [-0.15, -0.1) is 24.0 Å². The van der Waals surface area contributed by atoms with Crippen molar-refractivity contribution < 1.29 is 4.74 Å². The number of ether oxygens (including phenoxy) is 1. The number of hydrogen-bond acceptors (Lipinski definition) is 5. The summed E-state index contributed by atoms with van der Waals surface area (Å²) in [6.45, 7) is 8.56. The molecule has 0 saturated heterocycles. The van der Waals surface area contributed by atoms with Crippen LogP contribution in [0, 0.1) is 12.8 Å². The number of nitrogens with zero attached hydrogens (tertiary/aromatic N) is 5. The molecular formula is C23H36IN7O. The molecule has 32 heavy (non-hydrogen) atoms. The summed E-state index contributed by atoms with van der Waals surface area (Å²) in [4.78, 5) is 13.7. The van der Waals surface area contributed by atoms with Crippen LogP contribution in [0.15, 0.2) is 23.3 Å². The maximum atomic E-state index is 6.15. The van der Waals surface area contributed by atoms with Crippen LogP contribution >= 0.6 is 24.0 Å². The summed E-state index contributed by atoms with van der Waals surface area (Å²) in [6.07, 6.45) is 8.78. The van der Waals surface area contributed by atoms with Crippen molar-refractivity contribution in [3.05, 3.63) is 35.5 Å². The zero-order valence-corrected chi connectivity index (χ0v) is 21.7. The van der Waals surface area contributed by atoms with Crippen molar-refractivity contribution in [2.45, 2.75) is 84.5 Å². The van der Waals surface area contributed by atoms with Crippen molar-refractivity contribution in [2.75, 3.05) is 6.54 Å². The molecule has 0 spiro atoms. The molecule has 9 heteroatoms. The molecule has 1 atom stereocenters. The number of guanidine groups is 1. The van der Waals surface area contributed by atoms with Crippen LogP contribution in [0.1, 0.15) is 63.2 Å². The van der Waals surface area contributed by atoms with Gasteiger partial charge in [0.25, 0.3) is 0 Å². The molecule has 2 aromatic heterocycles. The minimum absolute atomic E-state index is 0. The fourth-order valence-electron chi connectivity index (χ4n) is 4.37. The van der Waals surface area contributed by atoms with E-state index in [1.165, 1.54) is 12.8 Å². The second kappa shape index (κ2) is 11.8. The molecule has 3 heterocycles. The Bertz CT molecular complexity index is 892. The third kappa shape index (κ3) is 6.79. The third-order valence-electron chi connectivity index (χ3n) is 6.12. The van der Waals surface area contributed by atoms with E-state index in [1.54, 1.807) is 0 Å². The van der Waals surface area contributed by atoms with E-state index in [9.17, 15) is 0 Å². The van der Waals surface area contributed by atoms with Gasteiger partial charge in [-0.1, -0.05) is 6.92 Å². The fraction of sp³-hybridized carbons (Fsp3) is 0.652. The summed E-state index contributed by atoms with van der Waals surface area (Å²) < 4.78 is 8.16. The lowest BCUT2D eigenvalue weighted by atomic mass is 9.89. The Morgan fingerprint density at radius 2 is 2.06 bits per heavy atom. The average molecular weight is 553 g/mol. The first-order valence-electron chi connectivity index (χ1n) is 11.7. The van der Waals surface area contributed by atoms with Gasteiger partial charge in [0.05, 0.1) is 13.1 Å². The molecule has 0 aromatic carbocycles. The van der Waals surface area contributed by atoms with Crippen molar-refractivity contribution >= 4 is 29.9 Å². The van der Waals surface area contributed by atoms with Crippen LogP contribution in [0.3, 0.4) is 0 Å². The SMILES string of the molecule is CCNC(=NCc1ccnc(OC2CCC(C)CC2)c1)NC1CCc2nc(C)nn2C1.I. The van der Waals surface area contributed by atoms with Crippen LogP contribution in [0.25, 0.3) is 0 Å². The van der Waals surface area contributed by atoms with Gasteiger partial charge in [-0.2, -0.15) is 5.10 Å². The number of nitrogens with one attached hydrogen (secondary N) is 2. The number of halogens is 1. The molecule has 1 unspecified atom stereocenters. The summed E-state index contributed by atoms with van der Waals surface area (Å²) in [5.41, 5.74) is 1.10. The van der Waals surface area contributed by atoms with E-state index >= 15 is 0 Å². The first-order valence-corrected chi connectivity index (χ1v) is 11.7. The average Bonchev–Trinajstić information content (AvgIpc) is 3.13. The van der Waals surface area contributed by atoms with E-state index in [0.29, 0.717) is 12.4 Å². The molecule has 4 rings (SSSR count). The first kappa shape index (κ1) is 24.7. The number of aliphatic imine (C=N–C) groups is 1. The number of fused-ring (bicyclic) bond motifs is 1. The lowest BCUT2D eigenvalue weighted by Gasteiger charge is -2.26. The van der Waals surface area contributed by atoms with Crippen LogP contribution in [0.5, 0.6) is 5.88 Å². The summed E-state index contributed by atoms with van der Waals surface area (Å²) in [7, 11) is 0. The van der Waals surface area contributed by atoms with Gasteiger partial charge in [0.2, 0.25) is 5.88 Å². The van der Waals surface area contributed by atoms with Crippen molar-refractivity contribution in [2.24, 2.45) is 10.9 Å². The molecule has 1 aliphatic heterocycles. The number of pyridine rings is 1. The van der Waals surface area contributed by atoms with Crippen molar-refractivity contribution in [3.63, 3.8) is 0 Å². The van der Waals surface area contributed by atoms with E-state index in [4.69, 9.17) is 9.73 Å². The highest BCUT2D eigenvalue weighted by atomic mass is 127. The van der Waals surface area contributed by atoms with Gasteiger partial charge in [0.1, 0.15) is 17.8 Å². The molecule has 1 aliphatic carbocycles. The van der Waals surface area contributed by atoms with E-state index in [-0.39, 0.29) is 36.1 Å². The van der Waals surface area contributed by atoms with Gasteiger partial charge in [-0.3, -0.25) is 0 Å². The highest BCUT2D eigenvalue weighted by Gasteiger charge is 2.22. The standard InChI is InChI=1S/C23H35N7O.HI/c1-4-24-23(28-19-7-10-21-27-17(3)29-30(21)15-19)26-14-18-11-12-25-22(13-18)31-20-8-5-16(2)6-9-20;/h11-13,16,19-20H,4-10,14-15H2,1-3H3,(H2,24,26,28);1H. The van der Waals surface area contributed by atoms with Gasteiger partial charge < -0.3 is 15.4 Å². The van der Waals surface area contributed by atoms with E-state index in [0.717, 1.165) is 67.9 Å². The summed E-state index contributed by atoms with van der Waals surface area (Å²) in [6, 6.07) is 4.32. The summed E-state index contributed by atoms with van der Waals surface area (Å²) >= 11 is 0. The van der Waals surface area contributed by atoms with Crippen LogP contribution in [-0.4, -0.2) is 44.4 Å².